The smallest absolute Gasteiger partial charge is 0.186 e. The molecule has 1 aliphatic rings. The van der Waals surface area contributed by atoms with Gasteiger partial charge >= 0.3 is 0 Å². The van der Waals surface area contributed by atoms with Crippen molar-refractivity contribution in [2.75, 3.05) is 12.3 Å². The summed E-state index contributed by atoms with van der Waals surface area (Å²) in [5, 5.41) is 31.3. The Balaban J connectivity index is 2.17. The zero-order valence-corrected chi connectivity index (χ0v) is 17.3. The van der Waals surface area contributed by atoms with E-state index >= 15 is 0 Å². The van der Waals surface area contributed by atoms with Gasteiger partial charge in [-0.1, -0.05) is 0 Å². The van der Waals surface area contributed by atoms with E-state index in [9.17, 15) is 15.3 Å². The topological polar surface area (TPSA) is 145 Å². The van der Waals surface area contributed by atoms with Crippen LogP contribution in [-0.4, -0.2) is 66.5 Å². The van der Waals surface area contributed by atoms with Crippen LogP contribution in [0.15, 0.2) is 12.5 Å². The normalized spacial score (nSPS) is 27.8. The number of nitrogens with two attached hydrogens (primary N) is 1. The molecular formula is C19H30N4O6. The van der Waals surface area contributed by atoms with Gasteiger partial charge in [-0.15, -0.1) is 0 Å². The Hall–Kier alpha value is -1.82. The molecule has 0 spiro atoms. The highest BCUT2D eigenvalue weighted by atomic mass is 16.7. The third-order valence-electron chi connectivity index (χ3n) is 4.90. The fourth-order valence-electron chi connectivity index (χ4n) is 3.56. The zero-order valence-electron chi connectivity index (χ0n) is 17.3. The predicted octanol–water partition coefficient (Wildman–Crippen LogP) is 0.864. The quantitative estimate of drug-likeness (QED) is 0.488. The number of nitrogens with zero attached hydrogens (tertiary/aromatic N) is 3. The van der Waals surface area contributed by atoms with Crippen molar-refractivity contribution < 1.29 is 29.5 Å². The number of fused-ring (bicyclic) bond motifs is 1. The molecule has 5 N–H and O–H groups in total. The highest BCUT2D eigenvalue weighted by Gasteiger charge is 2.53. The summed E-state index contributed by atoms with van der Waals surface area (Å²) < 4.78 is 19.3. The van der Waals surface area contributed by atoms with Crippen molar-refractivity contribution in [2.45, 2.75) is 77.2 Å². The SMILES string of the molecule is CC(C)OC(OC(C)C)c1cn(C2OC(CO)C(O)[C@@]2(C)O)c2ncnc(N)c12. The average Bonchev–Trinajstić information content (AvgIpc) is 3.11. The minimum atomic E-state index is -1.68. The Bertz CT molecular complexity index is 843. The molecule has 3 unspecified atom stereocenters. The van der Waals surface area contributed by atoms with E-state index < -0.39 is 36.9 Å². The minimum Gasteiger partial charge on any atom is -0.394 e. The molecule has 0 bridgehead atoms. The summed E-state index contributed by atoms with van der Waals surface area (Å²) >= 11 is 0. The van der Waals surface area contributed by atoms with E-state index in [0.717, 1.165) is 0 Å². The fourth-order valence-corrected chi connectivity index (χ4v) is 3.56. The van der Waals surface area contributed by atoms with Gasteiger partial charge in [0.2, 0.25) is 0 Å². The summed E-state index contributed by atoms with van der Waals surface area (Å²) in [5.74, 6) is 0.227. The molecule has 10 heteroatoms. The number of ether oxygens (including phenoxy) is 3. The van der Waals surface area contributed by atoms with Gasteiger partial charge < -0.3 is 39.8 Å². The van der Waals surface area contributed by atoms with Crippen molar-refractivity contribution in [2.24, 2.45) is 0 Å². The molecule has 4 atom stereocenters. The largest absolute Gasteiger partial charge is 0.394 e. The second-order valence-electron chi connectivity index (χ2n) is 8.03. The van der Waals surface area contributed by atoms with Crippen LogP contribution in [0.25, 0.3) is 11.0 Å². The molecule has 0 aliphatic carbocycles. The number of hydrogen-bond donors (Lipinski definition) is 4. The molecule has 2 aromatic heterocycles. The van der Waals surface area contributed by atoms with Crippen molar-refractivity contribution in [3.05, 3.63) is 18.1 Å². The molecule has 162 valence electrons. The molecule has 1 saturated heterocycles. The zero-order chi connectivity index (χ0) is 21.5. The number of anilines is 1. The van der Waals surface area contributed by atoms with Gasteiger partial charge in [-0.25, -0.2) is 9.97 Å². The molecule has 0 aromatic carbocycles. The van der Waals surface area contributed by atoms with Crippen LogP contribution < -0.4 is 5.73 Å². The lowest BCUT2D eigenvalue weighted by atomic mass is 9.96. The van der Waals surface area contributed by atoms with Crippen LogP contribution in [0.3, 0.4) is 0 Å². The molecular weight excluding hydrogens is 380 g/mol. The fraction of sp³-hybridized carbons (Fsp3) is 0.684. The lowest BCUT2D eigenvalue weighted by Crippen LogP contribution is -2.44. The first-order chi connectivity index (χ1) is 13.6. The van der Waals surface area contributed by atoms with Gasteiger partial charge in [0.05, 0.1) is 24.2 Å². The first-order valence-electron chi connectivity index (χ1n) is 9.66. The molecule has 2 aromatic rings. The minimum absolute atomic E-state index is 0.130. The second kappa shape index (κ2) is 8.13. The van der Waals surface area contributed by atoms with Crippen molar-refractivity contribution >= 4 is 16.9 Å². The molecule has 1 aliphatic heterocycles. The number of rotatable bonds is 7. The van der Waals surface area contributed by atoms with Gasteiger partial charge in [0.1, 0.15) is 35.6 Å². The Morgan fingerprint density at radius 1 is 1.24 bits per heavy atom. The van der Waals surface area contributed by atoms with Crippen LogP contribution in [-0.2, 0) is 14.2 Å². The maximum atomic E-state index is 10.9. The Morgan fingerprint density at radius 2 is 1.86 bits per heavy atom. The van der Waals surface area contributed by atoms with Crippen LogP contribution in [0.1, 0.15) is 52.7 Å². The lowest BCUT2D eigenvalue weighted by molar-refractivity contribution is -0.185. The summed E-state index contributed by atoms with van der Waals surface area (Å²) in [4.78, 5) is 8.40. The van der Waals surface area contributed by atoms with E-state index in [4.69, 9.17) is 19.9 Å². The van der Waals surface area contributed by atoms with E-state index in [1.54, 1.807) is 10.8 Å². The first kappa shape index (κ1) is 21.9. The highest BCUT2D eigenvalue weighted by molar-refractivity contribution is 5.90. The van der Waals surface area contributed by atoms with E-state index in [2.05, 4.69) is 9.97 Å². The van der Waals surface area contributed by atoms with E-state index in [1.165, 1.54) is 13.3 Å². The van der Waals surface area contributed by atoms with Gasteiger partial charge in [-0.3, -0.25) is 0 Å². The van der Waals surface area contributed by atoms with Crippen molar-refractivity contribution in [1.29, 1.82) is 0 Å². The first-order valence-corrected chi connectivity index (χ1v) is 9.66. The Labute approximate surface area is 169 Å². The summed E-state index contributed by atoms with van der Waals surface area (Å²) in [6, 6.07) is 0. The number of hydrogen-bond acceptors (Lipinski definition) is 9. The molecule has 3 rings (SSSR count). The van der Waals surface area contributed by atoms with Crippen molar-refractivity contribution in [3.63, 3.8) is 0 Å². The summed E-state index contributed by atoms with van der Waals surface area (Å²) in [6.45, 7) is 8.57. The molecule has 10 nitrogen and oxygen atoms in total. The number of aliphatic hydroxyl groups excluding tert-OH is 2. The molecule has 1 fully saturated rings. The van der Waals surface area contributed by atoms with E-state index in [-0.39, 0.29) is 18.0 Å². The molecule has 0 saturated carbocycles. The maximum Gasteiger partial charge on any atom is 0.186 e. The second-order valence-corrected chi connectivity index (χ2v) is 8.03. The highest BCUT2D eigenvalue weighted by Crippen LogP contribution is 2.42. The van der Waals surface area contributed by atoms with Crippen molar-refractivity contribution in [1.82, 2.24) is 14.5 Å². The van der Waals surface area contributed by atoms with Gasteiger partial charge in [-0.05, 0) is 34.6 Å². The van der Waals surface area contributed by atoms with Gasteiger partial charge in [-0.2, -0.15) is 0 Å². The number of aliphatic hydroxyl groups is 3. The monoisotopic (exact) mass is 410 g/mol. The van der Waals surface area contributed by atoms with Crippen LogP contribution in [0.2, 0.25) is 0 Å². The third-order valence-corrected chi connectivity index (χ3v) is 4.90. The van der Waals surface area contributed by atoms with E-state index in [0.29, 0.717) is 16.6 Å². The molecule has 0 radical (unpaired) electrons. The maximum absolute atomic E-state index is 10.9. The van der Waals surface area contributed by atoms with Crippen LogP contribution in [0.4, 0.5) is 5.82 Å². The summed E-state index contributed by atoms with van der Waals surface area (Å²) in [5.41, 5.74) is 5.45. The summed E-state index contributed by atoms with van der Waals surface area (Å²) in [6.07, 6.45) is -1.27. The Morgan fingerprint density at radius 3 is 2.38 bits per heavy atom. The standard InChI is InChI=1S/C19H30N4O6/c1-9(2)27-17(28-10(3)4)11-6-23(16-13(11)15(20)21-8-22-16)18-19(5,26)14(25)12(7-24)29-18/h6,8-10,12,14,17-18,24-26H,7H2,1-5H3,(H2,20,21,22)/t12?,14?,18?,19-/m1/s1. The third kappa shape index (κ3) is 3.96. The van der Waals surface area contributed by atoms with Crippen LogP contribution in [0, 0.1) is 0 Å². The van der Waals surface area contributed by atoms with E-state index in [1.807, 2.05) is 27.7 Å². The Kier molecular flexibility index (Phi) is 6.13. The van der Waals surface area contributed by atoms with Crippen molar-refractivity contribution in [3.8, 4) is 0 Å². The molecule has 29 heavy (non-hydrogen) atoms. The average molecular weight is 410 g/mol. The molecule has 0 amide bonds. The van der Waals surface area contributed by atoms with Crippen LogP contribution >= 0.6 is 0 Å². The lowest BCUT2D eigenvalue weighted by Gasteiger charge is -2.27. The van der Waals surface area contributed by atoms with Crippen LogP contribution in [0.5, 0.6) is 0 Å². The van der Waals surface area contributed by atoms with Gasteiger partial charge in [0.15, 0.2) is 12.5 Å². The van der Waals surface area contributed by atoms with Gasteiger partial charge in [0.25, 0.3) is 0 Å². The molecule has 3 heterocycles. The van der Waals surface area contributed by atoms with Gasteiger partial charge in [0, 0.05) is 11.8 Å². The summed E-state index contributed by atoms with van der Waals surface area (Å²) in [7, 11) is 0. The number of aromatic nitrogens is 3. The predicted molar refractivity (Wildman–Crippen MR) is 105 cm³/mol. The number of nitrogen functional groups attached to an aromatic ring is 1.